The van der Waals surface area contributed by atoms with E-state index in [9.17, 15) is 4.79 Å². The molecule has 3 heterocycles. The molecular formula is C15H16N2O3S. The standard InChI is InChI=1S/C15H16N2O3S/c18-15(17-9-12-2-1-6-19-12)11-3-5-16-14(8-11)20-13-4-7-21-10-13/h1-3,5-6,8,13H,4,7,9-10H2,(H,17,18)/t13-/m0/s1. The molecule has 2 aromatic heterocycles. The van der Waals surface area contributed by atoms with Crippen LogP contribution in [-0.2, 0) is 6.54 Å². The summed E-state index contributed by atoms with van der Waals surface area (Å²) in [5.74, 6) is 3.16. The highest BCUT2D eigenvalue weighted by Crippen LogP contribution is 2.22. The monoisotopic (exact) mass is 304 g/mol. The molecule has 1 N–H and O–H groups in total. The van der Waals surface area contributed by atoms with Crippen molar-refractivity contribution in [3.05, 3.63) is 48.0 Å². The van der Waals surface area contributed by atoms with Crippen LogP contribution in [0.5, 0.6) is 5.88 Å². The van der Waals surface area contributed by atoms with Crippen molar-refractivity contribution in [3.8, 4) is 5.88 Å². The van der Waals surface area contributed by atoms with Crippen LogP contribution in [-0.4, -0.2) is 28.5 Å². The molecule has 1 fully saturated rings. The molecule has 2 aromatic rings. The number of rotatable bonds is 5. The van der Waals surface area contributed by atoms with Crippen molar-refractivity contribution >= 4 is 17.7 Å². The Kier molecular flexibility index (Phi) is 4.45. The lowest BCUT2D eigenvalue weighted by Gasteiger charge is -2.12. The van der Waals surface area contributed by atoms with Crippen LogP contribution in [0, 0.1) is 0 Å². The minimum atomic E-state index is -0.167. The average Bonchev–Trinajstić information content (AvgIpc) is 3.18. The van der Waals surface area contributed by atoms with Crippen LogP contribution in [0.1, 0.15) is 22.5 Å². The number of hydrogen-bond donors (Lipinski definition) is 1. The van der Waals surface area contributed by atoms with Gasteiger partial charge in [-0.3, -0.25) is 4.79 Å². The predicted molar refractivity (Wildman–Crippen MR) is 80.5 cm³/mol. The Morgan fingerprint density at radius 2 is 2.48 bits per heavy atom. The van der Waals surface area contributed by atoms with Gasteiger partial charge in [-0.2, -0.15) is 11.8 Å². The second kappa shape index (κ2) is 6.67. The predicted octanol–water partition coefficient (Wildman–Crippen LogP) is 2.49. The summed E-state index contributed by atoms with van der Waals surface area (Å²) in [4.78, 5) is 16.3. The molecule has 1 saturated heterocycles. The van der Waals surface area contributed by atoms with Crippen LogP contribution in [0.2, 0.25) is 0 Å². The summed E-state index contributed by atoms with van der Waals surface area (Å²) in [6, 6.07) is 6.97. The van der Waals surface area contributed by atoms with Crippen LogP contribution in [0.4, 0.5) is 0 Å². The van der Waals surface area contributed by atoms with Crippen LogP contribution in [0.25, 0.3) is 0 Å². The summed E-state index contributed by atoms with van der Waals surface area (Å²) >= 11 is 1.88. The highest BCUT2D eigenvalue weighted by atomic mass is 32.2. The number of nitrogens with zero attached hydrogens (tertiary/aromatic N) is 1. The molecule has 21 heavy (non-hydrogen) atoms. The third-order valence-electron chi connectivity index (χ3n) is 3.18. The fourth-order valence-corrected chi connectivity index (χ4v) is 3.17. The molecule has 0 saturated carbocycles. The lowest BCUT2D eigenvalue weighted by molar-refractivity contribution is 0.0947. The molecule has 1 aliphatic rings. The molecule has 3 rings (SSSR count). The molecule has 1 atom stereocenters. The second-order valence-corrected chi connectivity index (χ2v) is 5.90. The number of pyridine rings is 1. The fourth-order valence-electron chi connectivity index (χ4n) is 2.07. The summed E-state index contributed by atoms with van der Waals surface area (Å²) in [5, 5.41) is 2.80. The number of amides is 1. The van der Waals surface area contributed by atoms with Gasteiger partial charge in [-0.15, -0.1) is 0 Å². The van der Waals surface area contributed by atoms with Gasteiger partial charge in [0.25, 0.3) is 5.91 Å². The Labute approximate surface area is 127 Å². The first kappa shape index (κ1) is 14.0. The maximum Gasteiger partial charge on any atom is 0.251 e. The first-order chi connectivity index (χ1) is 10.3. The van der Waals surface area contributed by atoms with E-state index in [-0.39, 0.29) is 12.0 Å². The summed E-state index contributed by atoms with van der Waals surface area (Å²) < 4.78 is 11.0. The highest BCUT2D eigenvalue weighted by molar-refractivity contribution is 7.99. The summed E-state index contributed by atoms with van der Waals surface area (Å²) in [6.07, 6.45) is 4.41. The quantitative estimate of drug-likeness (QED) is 0.919. The van der Waals surface area contributed by atoms with Gasteiger partial charge in [-0.25, -0.2) is 4.98 Å². The van der Waals surface area contributed by atoms with E-state index >= 15 is 0 Å². The summed E-state index contributed by atoms with van der Waals surface area (Å²) in [6.45, 7) is 0.365. The van der Waals surface area contributed by atoms with Gasteiger partial charge in [-0.05, 0) is 30.4 Å². The van der Waals surface area contributed by atoms with Crippen molar-refractivity contribution in [1.82, 2.24) is 10.3 Å². The third kappa shape index (κ3) is 3.78. The number of ether oxygens (including phenoxy) is 1. The Balaban J connectivity index is 1.60. The first-order valence-corrected chi connectivity index (χ1v) is 7.98. The van der Waals surface area contributed by atoms with Gasteiger partial charge < -0.3 is 14.5 Å². The van der Waals surface area contributed by atoms with Gasteiger partial charge in [-0.1, -0.05) is 0 Å². The fraction of sp³-hybridized carbons (Fsp3) is 0.333. The van der Waals surface area contributed by atoms with Crippen molar-refractivity contribution in [2.24, 2.45) is 0 Å². The van der Waals surface area contributed by atoms with E-state index in [0.717, 1.165) is 23.7 Å². The van der Waals surface area contributed by atoms with E-state index < -0.39 is 0 Å². The SMILES string of the molecule is O=C(NCc1ccco1)c1ccnc(O[C@H]2CCSC2)c1. The third-order valence-corrected chi connectivity index (χ3v) is 4.31. The molecule has 6 heteroatoms. The van der Waals surface area contributed by atoms with Crippen molar-refractivity contribution in [2.45, 2.75) is 19.1 Å². The Bertz CT molecular complexity index is 595. The van der Waals surface area contributed by atoms with Crippen LogP contribution in [0.15, 0.2) is 41.1 Å². The summed E-state index contributed by atoms with van der Waals surface area (Å²) in [5.41, 5.74) is 0.539. The van der Waals surface area contributed by atoms with Crippen LogP contribution in [0.3, 0.4) is 0 Å². The van der Waals surface area contributed by atoms with E-state index in [4.69, 9.17) is 9.15 Å². The average molecular weight is 304 g/mol. The van der Waals surface area contributed by atoms with Gasteiger partial charge >= 0.3 is 0 Å². The van der Waals surface area contributed by atoms with Gasteiger partial charge in [0.1, 0.15) is 11.9 Å². The Hall–Kier alpha value is -1.95. The smallest absolute Gasteiger partial charge is 0.251 e. The molecule has 0 aliphatic carbocycles. The van der Waals surface area contributed by atoms with Crippen LogP contribution < -0.4 is 10.1 Å². The maximum atomic E-state index is 12.1. The van der Waals surface area contributed by atoms with E-state index in [2.05, 4.69) is 10.3 Å². The van der Waals surface area contributed by atoms with Crippen molar-refractivity contribution in [3.63, 3.8) is 0 Å². The molecule has 0 bridgehead atoms. The largest absolute Gasteiger partial charge is 0.473 e. The number of thioether (sulfide) groups is 1. The van der Waals surface area contributed by atoms with Gasteiger partial charge in [0.05, 0.1) is 12.8 Å². The topological polar surface area (TPSA) is 64.4 Å². The minimum absolute atomic E-state index is 0.167. The number of hydrogen-bond acceptors (Lipinski definition) is 5. The van der Waals surface area contributed by atoms with Gasteiger partial charge in [0.15, 0.2) is 0 Å². The molecule has 110 valence electrons. The highest BCUT2D eigenvalue weighted by Gasteiger charge is 2.18. The van der Waals surface area contributed by atoms with Crippen LogP contribution >= 0.6 is 11.8 Å². The second-order valence-electron chi connectivity index (χ2n) is 4.75. The van der Waals surface area contributed by atoms with Crippen molar-refractivity contribution < 1.29 is 13.9 Å². The molecular weight excluding hydrogens is 288 g/mol. The normalized spacial score (nSPS) is 17.6. The zero-order valence-electron chi connectivity index (χ0n) is 11.5. The maximum absolute atomic E-state index is 12.1. The molecule has 0 spiro atoms. The minimum Gasteiger partial charge on any atom is -0.473 e. The number of carbonyl (C=O) groups excluding carboxylic acids is 1. The molecule has 0 aromatic carbocycles. The first-order valence-electron chi connectivity index (χ1n) is 6.82. The van der Waals surface area contributed by atoms with Gasteiger partial charge in [0.2, 0.25) is 5.88 Å². The molecule has 0 radical (unpaired) electrons. The number of carbonyl (C=O) groups is 1. The van der Waals surface area contributed by atoms with E-state index in [1.165, 1.54) is 0 Å². The summed E-state index contributed by atoms with van der Waals surface area (Å²) in [7, 11) is 0. The van der Waals surface area contributed by atoms with Crippen molar-refractivity contribution in [2.75, 3.05) is 11.5 Å². The van der Waals surface area contributed by atoms with E-state index in [0.29, 0.717) is 18.0 Å². The van der Waals surface area contributed by atoms with Crippen molar-refractivity contribution in [1.29, 1.82) is 0 Å². The Morgan fingerprint density at radius 3 is 3.24 bits per heavy atom. The molecule has 1 aliphatic heterocycles. The van der Waals surface area contributed by atoms with E-state index in [1.54, 1.807) is 30.7 Å². The molecule has 0 unspecified atom stereocenters. The lowest BCUT2D eigenvalue weighted by atomic mass is 10.2. The Morgan fingerprint density at radius 1 is 1.52 bits per heavy atom. The lowest BCUT2D eigenvalue weighted by Crippen LogP contribution is -2.23. The molecule has 1 amide bonds. The molecule has 5 nitrogen and oxygen atoms in total. The zero-order chi connectivity index (χ0) is 14.5. The number of furan rings is 1. The van der Waals surface area contributed by atoms with E-state index in [1.807, 2.05) is 17.8 Å². The van der Waals surface area contributed by atoms with Gasteiger partial charge in [0, 0.05) is 23.6 Å². The zero-order valence-corrected chi connectivity index (χ0v) is 12.3. The number of aromatic nitrogens is 1. The number of nitrogens with one attached hydrogen (secondary N) is 1.